The Morgan fingerprint density at radius 2 is 1.34 bits per heavy atom. The van der Waals surface area contributed by atoms with E-state index < -0.39 is 43.2 Å². The highest BCUT2D eigenvalue weighted by atomic mass is 28.3. The second-order valence-corrected chi connectivity index (χ2v) is 15.9. The molecule has 0 fully saturated rings. The maximum Gasteiger partial charge on any atom is 0.339 e. The maximum atomic E-state index is 13.6. The summed E-state index contributed by atoms with van der Waals surface area (Å²) in [5, 5.41) is 3.87. The average molecular weight is 466 g/mol. The average Bonchev–Trinajstić information content (AvgIpc) is 2.62. The summed E-state index contributed by atoms with van der Waals surface area (Å²) in [6, 6.07) is 2.36. The van der Waals surface area contributed by atoms with Gasteiger partial charge in [-0.1, -0.05) is 51.9 Å². The first kappa shape index (κ1) is 28.1. The Balaban J connectivity index is 3.92. The minimum atomic E-state index is -2.14. The number of ether oxygens (including phenoxy) is 2. The van der Waals surface area contributed by atoms with Crippen LogP contribution in [0.25, 0.3) is 0 Å². The van der Waals surface area contributed by atoms with Gasteiger partial charge < -0.3 is 14.8 Å². The van der Waals surface area contributed by atoms with E-state index in [2.05, 4.69) is 26.1 Å². The fourth-order valence-corrected chi connectivity index (χ4v) is 8.24. The van der Waals surface area contributed by atoms with Crippen molar-refractivity contribution in [2.24, 2.45) is 5.92 Å². The number of carbonyl (C=O) groups is 3. The molecule has 182 valence electrons. The van der Waals surface area contributed by atoms with E-state index in [1.165, 1.54) is 6.92 Å². The van der Waals surface area contributed by atoms with Crippen LogP contribution < -0.4 is 5.32 Å². The zero-order chi connectivity index (χ0) is 25.1. The number of amides is 1. The molecule has 2 atom stereocenters. The molecule has 1 N–H and O–H groups in total. The molecule has 0 unspecified atom stereocenters. The predicted octanol–water partition coefficient (Wildman–Crippen LogP) is 5.09. The van der Waals surface area contributed by atoms with Gasteiger partial charge in [0, 0.05) is 12.8 Å². The van der Waals surface area contributed by atoms with Crippen LogP contribution in [0, 0.1) is 5.92 Å². The first-order valence-corrected chi connectivity index (χ1v) is 14.3. The van der Waals surface area contributed by atoms with Gasteiger partial charge in [0.05, 0.1) is 25.3 Å². The van der Waals surface area contributed by atoms with Gasteiger partial charge in [0.2, 0.25) is 5.91 Å². The van der Waals surface area contributed by atoms with E-state index in [-0.39, 0.29) is 5.91 Å². The van der Waals surface area contributed by atoms with Crippen LogP contribution >= 0.6 is 0 Å². The third-order valence-electron chi connectivity index (χ3n) is 6.07. The molecule has 0 heterocycles. The first-order valence-electron chi connectivity index (χ1n) is 11.7. The number of carbonyl (C=O) groups excluding carboxylic acids is 3. The molecule has 6 nitrogen and oxygen atoms in total. The molecule has 1 rings (SSSR count). The van der Waals surface area contributed by atoms with E-state index in [0.29, 0.717) is 11.1 Å². The number of hydrogen-bond acceptors (Lipinski definition) is 5. The summed E-state index contributed by atoms with van der Waals surface area (Å²) in [5.41, 5.74) is -0.776. The summed E-state index contributed by atoms with van der Waals surface area (Å²) in [6.07, 6.45) is 2.02. The van der Waals surface area contributed by atoms with Crippen molar-refractivity contribution in [2.75, 3.05) is 0 Å². The molecular formula is C25H43NO5Si. The molecule has 1 amide bonds. The normalized spacial score (nSPS) is 19.9. The molecular weight excluding hydrogens is 422 g/mol. The molecule has 7 heteroatoms. The number of nitrogens with one attached hydrogen (secondary N) is 1. The van der Waals surface area contributed by atoms with E-state index in [4.69, 9.17) is 9.47 Å². The van der Waals surface area contributed by atoms with Gasteiger partial charge >= 0.3 is 11.9 Å². The Morgan fingerprint density at radius 3 is 1.72 bits per heavy atom. The Morgan fingerprint density at radius 1 is 0.906 bits per heavy atom. The van der Waals surface area contributed by atoms with Crippen LogP contribution in [0.5, 0.6) is 0 Å². The van der Waals surface area contributed by atoms with Crippen molar-refractivity contribution in [3.63, 3.8) is 0 Å². The summed E-state index contributed by atoms with van der Waals surface area (Å²) in [7, 11) is -2.14. The van der Waals surface area contributed by atoms with Crippen LogP contribution in [0.2, 0.25) is 18.1 Å². The lowest BCUT2D eigenvalue weighted by Crippen LogP contribution is -2.48. The van der Waals surface area contributed by atoms with E-state index >= 15 is 0 Å². The van der Waals surface area contributed by atoms with Gasteiger partial charge in [-0.25, -0.2) is 9.59 Å². The third-order valence-corrected chi connectivity index (χ3v) is 11.7. The number of esters is 2. The summed E-state index contributed by atoms with van der Waals surface area (Å²) in [4.78, 5) is 39.0. The van der Waals surface area contributed by atoms with E-state index in [9.17, 15) is 14.4 Å². The molecule has 0 saturated heterocycles. The largest absolute Gasteiger partial charge is 0.457 e. The Bertz CT molecular complexity index is 786. The molecule has 0 spiro atoms. The van der Waals surface area contributed by atoms with Crippen molar-refractivity contribution in [2.45, 2.75) is 112 Å². The fourth-order valence-electron chi connectivity index (χ4n) is 4.29. The van der Waals surface area contributed by atoms with Crippen molar-refractivity contribution in [1.82, 2.24) is 5.32 Å². The van der Waals surface area contributed by atoms with Crippen molar-refractivity contribution in [1.29, 1.82) is 0 Å². The monoisotopic (exact) mass is 465 g/mol. The van der Waals surface area contributed by atoms with Crippen molar-refractivity contribution in [3.8, 4) is 0 Å². The molecule has 0 aliphatic heterocycles. The highest BCUT2D eigenvalue weighted by Crippen LogP contribution is 2.42. The van der Waals surface area contributed by atoms with Gasteiger partial charge in [-0.3, -0.25) is 4.79 Å². The quantitative estimate of drug-likeness (QED) is 0.418. The summed E-state index contributed by atoms with van der Waals surface area (Å²) < 4.78 is 11.5. The molecule has 0 bridgehead atoms. The standard InChI is InChI=1S/C25H43NO5Si/c1-12-32(13-2,14-3)19-15-18(26-17(5)27)16(4)20(22(28)30-24(6,7)8)21(19)23(29)31-25(9,10)11/h15-16,18H,12-14H2,1-11H3,(H,26,27)/t16-,18-/m0/s1. The lowest BCUT2D eigenvalue weighted by molar-refractivity contribution is -0.154. The summed E-state index contributed by atoms with van der Waals surface area (Å²) >= 11 is 0. The molecule has 0 radical (unpaired) electrons. The van der Waals surface area contributed by atoms with Crippen LogP contribution in [0.1, 0.15) is 76.2 Å². The Kier molecular flexibility index (Phi) is 9.11. The third kappa shape index (κ3) is 6.80. The van der Waals surface area contributed by atoms with Gasteiger partial charge in [-0.05, 0) is 46.7 Å². The molecule has 1 aliphatic rings. The maximum absolute atomic E-state index is 13.6. The van der Waals surface area contributed by atoms with Gasteiger partial charge in [0.1, 0.15) is 11.2 Å². The molecule has 0 saturated carbocycles. The highest BCUT2D eigenvalue weighted by molar-refractivity contribution is 6.87. The van der Waals surface area contributed by atoms with Crippen molar-refractivity contribution < 1.29 is 23.9 Å². The van der Waals surface area contributed by atoms with Gasteiger partial charge in [-0.2, -0.15) is 0 Å². The van der Waals surface area contributed by atoms with Crippen LogP contribution in [0.4, 0.5) is 0 Å². The Labute approximate surface area is 195 Å². The predicted molar refractivity (Wildman–Crippen MR) is 131 cm³/mol. The second-order valence-electron chi connectivity index (χ2n) is 10.7. The first-order chi connectivity index (χ1) is 14.5. The smallest absolute Gasteiger partial charge is 0.339 e. The minimum absolute atomic E-state index is 0.182. The van der Waals surface area contributed by atoms with Crippen molar-refractivity contribution in [3.05, 3.63) is 22.4 Å². The topological polar surface area (TPSA) is 81.7 Å². The van der Waals surface area contributed by atoms with E-state index in [1.807, 2.05) is 33.8 Å². The van der Waals surface area contributed by atoms with Gasteiger partial charge in [-0.15, -0.1) is 0 Å². The van der Waals surface area contributed by atoms with Crippen LogP contribution in [-0.2, 0) is 23.9 Å². The molecule has 0 aromatic heterocycles. The minimum Gasteiger partial charge on any atom is -0.457 e. The van der Waals surface area contributed by atoms with E-state index in [0.717, 1.165) is 23.3 Å². The lowest BCUT2D eigenvalue weighted by atomic mass is 9.84. The summed E-state index contributed by atoms with van der Waals surface area (Å²) in [5.74, 6) is -1.64. The second kappa shape index (κ2) is 10.4. The molecule has 1 aliphatic carbocycles. The van der Waals surface area contributed by atoms with Crippen LogP contribution in [0.3, 0.4) is 0 Å². The number of hydrogen-bond donors (Lipinski definition) is 1. The molecule has 32 heavy (non-hydrogen) atoms. The van der Waals surface area contributed by atoms with Gasteiger partial charge in [0.15, 0.2) is 0 Å². The fraction of sp³-hybridized carbons (Fsp3) is 0.720. The van der Waals surface area contributed by atoms with Gasteiger partial charge in [0.25, 0.3) is 0 Å². The SMILES string of the molecule is CC[Si](CC)(CC)C1=C[C@H](NC(C)=O)[C@H](C)C(C(=O)OC(C)(C)C)=C1C(=O)OC(C)(C)C. The zero-order valence-corrected chi connectivity index (χ0v) is 22.9. The Hall–Kier alpha value is -1.89. The summed E-state index contributed by atoms with van der Waals surface area (Å²) in [6.45, 7) is 20.6. The van der Waals surface area contributed by atoms with Crippen LogP contribution in [-0.4, -0.2) is 43.2 Å². The van der Waals surface area contributed by atoms with Crippen LogP contribution in [0.15, 0.2) is 22.4 Å². The number of rotatable bonds is 7. The molecule has 0 aromatic rings. The molecule has 0 aromatic carbocycles. The lowest BCUT2D eigenvalue weighted by Gasteiger charge is -2.40. The highest BCUT2D eigenvalue weighted by Gasteiger charge is 2.45. The van der Waals surface area contributed by atoms with E-state index in [1.54, 1.807) is 20.8 Å². The van der Waals surface area contributed by atoms with Crippen molar-refractivity contribution >= 4 is 25.9 Å². The zero-order valence-electron chi connectivity index (χ0n) is 21.9.